The van der Waals surface area contributed by atoms with E-state index in [0.717, 1.165) is 0 Å². The molecule has 0 radical (unpaired) electrons. The van der Waals surface area contributed by atoms with Crippen molar-refractivity contribution in [3.05, 3.63) is 0 Å². The molecule has 7 heteroatoms. The number of ether oxygens (including phenoxy) is 1. The number of hydrogen-bond acceptors (Lipinski definition) is 4. The average Bonchev–Trinajstić information content (AvgIpc) is 2.15. The number of aliphatic hydroxyl groups is 1. The molecular formula is C8H20N2O4S. The molecule has 0 amide bonds. The predicted octanol–water partition coefficient (Wildman–Crippen LogP) is -0.925. The Hall–Kier alpha value is -0.210. The highest BCUT2D eigenvalue weighted by Gasteiger charge is 2.08. The first kappa shape index (κ1) is 14.8. The van der Waals surface area contributed by atoms with Crippen molar-refractivity contribution in [1.29, 1.82) is 0 Å². The molecule has 0 rings (SSSR count). The molecule has 0 aliphatic carbocycles. The topological polar surface area (TPSA) is 87.7 Å². The first-order chi connectivity index (χ1) is 6.98. The van der Waals surface area contributed by atoms with Gasteiger partial charge in [-0.05, 0) is 5.92 Å². The largest absolute Gasteiger partial charge is 0.394 e. The SMILES string of the molecule is CC(C)CNS(=O)(=O)NCCOCCO. The molecule has 15 heavy (non-hydrogen) atoms. The maximum absolute atomic E-state index is 11.2. The van der Waals surface area contributed by atoms with E-state index in [9.17, 15) is 8.42 Å². The Morgan fingerprint density at radius 3 is 2.47 bits per heavy atom. The van der Waals surface area contributed by atoms with Crippen LogP contribution in [0.3, 0.4) is 0 Å². The van der Waals surface area contributed by atoms with E-state index < -0.39 is 10.2 Å². The molecule has 0 atom stereocenters. The molecule has 0 saturated carbocycles. The van der Waals surface area contributed by atoms with Crippen molar-refractivity contribution in [2.45, 2.75) is 13.8 Å². The van der Waals surface area contributed by atoms with E-state index in [1.165, 1.54) is 0 Å². The van der Waals surface area contributed by atoms with Crippen LogP contribution in [0.4, 0.5) is 0 Å². The van der Waals surface area contributed by atoms with E-state index in [0.29, 0.717) is 6.54 Å². The van der Waals surface area contributed by atoms with Gasteiger partial charge in [-0.1, -0.05) is 13.8 Å². The summed E-state index contributed by atoms with van der Waals surface area (Å²) >= 11 is 0. The van der Waals surface area contributed by atoms with Crippen molar-refractivity contribution < 1.29 is 18.3 Å². The third kappa shape index (κ3) is 10.1. The second kappa shape index (κ2) is 8.00. The molecule has 0 aromatic rings. The Labute approximate surface area is 91.2 Å². The quantitative estimate of drug-likeness (QED) is 0.455. The summed E-state index contributed by atoms with van der Waals surface area (Å²) in [5.74, 6) is 0.271. The molecule has 0 bridgehead atoms. The van der Waals surface area contributed by atoms with Gasteiger partial charge in [0, 0.05) is 13.1 Å². The van der Waals surface area contributed by atoms with E-state index in [2.05, 4.69) is 9.44 Å². The molecule has 92 valence electrons. The van der Waals surface area contributed by atoms with Gasteiger partial charge in [-0.15, -0.1) is 0 Å². The predicted molar refractivity (Wildman–Crippen MR) is 57.7 cm³/mol. The van der Waals surface area contributed by atoms with Crippen LogP contribution >= 0.6 is 0 Å². The molecule has 3 N–H and O–H groups in total. The Morgan fingerprint density at radius 2 is 1.93 bits per heavy atom. The third-order valence-corrected chi connectivity index (χ3v) is 2.59. The third-order valence-electron chi connectivity index (χ3n) is 1.46. The lowest BCUT2D eigenvalue weighted by molar-refractivity contribution is 0.0961. The van der Waals surface area contributed by atoms with Gasteiger partial charge < -0.3 is 9.84 Å². The molecule has 0 aliphatic heterocycles. The fourth-order valence-electron chi connectivity index (χ4n) is 0.742. The van der Waals surface area contributed by atoms with Gasteiger partial charge in [0.2, 0.25) is 0 Å². The zero-order valence-electron chi connectivity index (χ0n) is 9.19. The highest BCUT2D eigenvalue weighted by Crippen LogP contribution is 1.88. The normalized spacial score (nSPS) is 12.3. The second-order valence-corrected chi connectivity index (χ2v) is 5.06. The number of rotatable bonds is 9. The van der Waals surface area contributed by atoms with E-state index in [4.69, 9.17) is 9.84 Å². The minimum absolute atomic E-state index is 0.0572. The summed E-state index contributed by atoms with van der Waals surface area (Å²) in [5, 5.41) is 8.39. The molecule has 0 spiro atoms. The fourth-order valence-corrected chi connectivity index (χ4v) is 1.75. The molecule has 0 heterocycles. The number of aliphatic hydroxyl groups excluding tert-OH is 1. The summed E-state index contributed by atoms with van der Waals surface area (Å²) < 4.78 is 32.1. The summed E-state index contributed by atoms with van der Waals surface area (Å²) in [6.07, 6.45) is 0. The molecule has 0 saturated heterocycles. The summed E-state index contributed by atoms with van der Waals surface area (Å²) in [6, 6.07) is 0. The Bertz CT molecular complexity index is 241. The van der Waals surface area contributed by atoms with Gasteiger partial charge in [0.05, 0.1) is 19.8 Å². The molecule has 0 fully saturated rings. The van der Waals surface area contributed by atoms with Crippen molar-refractivity contribution >= 4 is 10.2 Å². The van der Waals surface area contributed by atoms with E-state index in [1.54, 1.807) is 0 Å². The molecular weight excluding hydrogens is 220 g/mol. The second-order valence-electron chi connectivity index (χ2n) is 3.48. The lowest BCUT2D eigenvalue weighted by Gasteiger charge is -2.09. The fraction of sp³-hybridized carbons (Fsp3) is 1.00. The van der Waals surface area contributed by atoms with Crippen molar-refractivity contribution in [3.8, 4) is 0 Å². The first-order valence-corrected chi connectivity index (χ1v) is 6.39. The van der Waals surface area contributed by atoms with Crippen LogP contribution < -0.4 is 9.44 Å². The maximum atomic E-state index is 11.2. The van der Waals surface area contributed by atoms with Crippen molar-refractivity contribution in [3.63, 3.8) is 0 Å². The van der Waals surface area contributed by atoms with Gasteiger partial charge >= 0.3 is 0 Å². The summed E-state index contributed by atoms with van der Waals surface area (Å²) in [5.41, 5.74) is 0. The van der Waals surface area contributed by atoms with E-state index >= 15 is 0 Å². The van der Waals surface area contributed by atoms with E-state index in [1.807, 2.05) is 13.8 Å². The van der Waals surface area contributed by atoms with Gasteiger partial charge in [0.25, 0.3) is 10.2 Å². The van der Waals surface area contributed by atoms with E-state index in [-0.39, 0.29) is 32.3 Å². The monoisotopic (exact) mass is 240 g/mol. The zero-order chi connectivity index (χ0) is 11.7. The zero-order valence-corrected chi connectivity index (χ0v) is 10.0. The highest BCUT2D eigenvalue weighted by atomic mass is 32.2. The molecule has 0 unspecified atom stereocenters. The van der Waals surface area contributed by atoms with Gasteiger partial charge in [-0.2, -0.15) is 13.1 Å². The van der Waals surface area contributed by atoms with Crippen LogP contribution in [0.5, 0.6) is 0 Å². The minimum atomic E-state index is -3.41. The number of nitrogens with one attached hydrogen (secondary N) is 2. The summed E-state index contributed by atoms with van der Waals surface area (Å²) in [7, 11) is -3.41. The summed E-state index contributed by atoms with van der Waals surface area (Å²) in [4.78, 5) is 0. The Kier molecular flexibility index (Phi) is 7.89. The molecule has 6 nitrogen and oxygen atoms in total. The van der Waals surface area contributed by atoms with Crippen LogP contribution in [0, 0.1) is 5.92 Å². The molecule has 0 aliphatic rings. The Morgan fingerprint density at radius 1 is 1.27 bits per heavy atom. The van der Waals surface area contributed by atoms with Crippen LogP contribution in [-0.4, -0.2) is 46.4 Å². The minimum Gasteiger partial charge on any atom is -0.394 e. The van der Waals surface area contributed by atoms with Crippen LogP contribution in [0.1, 0.15) is 13.8 Å². The Balaban J connectivity index is 3.56. The standard InChI is InChI=1S/C8H20N2O4S/c1-8(2)7-10-15(12,13)9-3-5-14-6-4-11/h8-11H,3-7H2,1-2H3. The number of hydrogen-bond donors (Lipinski definition) is 3. The van der Waals surface area contributed by atoms with Crippen molar-refractivity contribution in [2.24, 2.45) is 5.92 Å². The van der Waals surface area contributed by atoms with Crippen LogP contribution in [0.25, 0.3) is 0 Å². The maximum Gasteiger partial charge on any atom is 0.276 e. The van der Waals surface area contributed by atoms with Crippen LogP contribution in [-0.2, 0) is 14.9 Å². The average molecular weight is 240 g/mol. The van der Waals surface area contributed by atoms with Gasteiger partial charge in [0.1, 0.15) is 0 Å². The van der Waals surface area contributed by atoms with Gasteiger partial charge in [-0.3, -0.25) is 0 Å². The lowest BCUT2D eigenvalue weighted by atomic mass is 10.2. The van der Waals surface area contributed by atoms with Crippen molar-refractivity contribution in [1.82, 2.24) is 9.44 Å². The van der Waals surface area contributed by atoms with Gasteiger partial charge in [0.15, 0.2) is 0 Å². The smallest absolute Gasteiger partial charge is 0.276 e. The van der Waals surface area contributed by atoms with Crippen LogP contribution in [0.2, 0.25) is 0 Å². The highest BCUT2D eigenvalue weighted by molar-refractivity contribution is 7.87. The van der Waals surface area contributed by atoms with Gasteiger partial charge in [-0.25, -0.2) is 4.72 Å². The molecule has 0 aromatic heterocycles. The van der Waals surface area contributed by atoms with Crippen LogP contribution in [0.15, 0.2) is 0 Å². The lowest BCUT2D eigenvalue weighted by Crippen LogP contribution is -2.39. The first-order valence-electron chi connectivity index (χ1n) is 4.91. The molecule has 0 aromatic carbocycles. The van der Waals surface area contributed by atoms with Crippen molar-refractivity contribution in [2.75, 3.05) is 32.9 Å². The summed E-state index contributed by atoms with van der Waals surface area (Å²) in [6.45, 7) is 4.88.